The zero-order chi connectivity index (χ0) is 24.3. The van der Waals surface area contributed by atoms with Crippen LogP contribution in [0.4, 0.5) is 23.2 Å². The number of carbonyl (C=O) groups is 2. The average molecular weight is 478 g/mol. The van der Waals surface area contributed by atoms with E-state index in [1.54, 1.807) is 17.0 Å². The minimum atomic E-state index is -4.45. The van der Waals surface area contributed by atoms with Crippen molar-refractivity contribution in [2.24, 2.45) is 5.92 Å². The lowest BCUT2D eigenvalue weighted by Crippen LogP contribution is -2.56. The van der Waals surface area contributed by atoms with Gasteiger partial charge < -0.3 is 10.2 Å². The number of nitrogens with zero attached hydrogens (tertiary/aromatic N) is 2. The summed E-state index contributed by atoms with van der Waals surface area (Å²) in [6, 6.07) is 9.63. The summed E-state index contributed by atoms with van der Waals surface area (Å²) in [5, 5.41) is 2.84. The highest BCUT2D eigenvalue weighted by atomic mass is 19.4. The molecule has 1 saturated heterocycles. The lowest BCUT2D eigenvalue weighted by molar-refractivity contribution is -0.137. The molecule has 0 spiro atoms. The molecule has 1 N–H and O–H groups in total. The van der Waals surface area contributed by atoms with E-state index in [9.17, 15) is 27.2 Å². The van der Waals surface area contributed by atoms with Gasteiger partial charge in [-0.05, 0) is 61.2 Å². The molecule has 1 unspecified atom stereocenters. The fourth-order valence-electron chi connectivity index (χ4n) is 4.92. The van der Waals surface area contributed by atoms with Gasteiger partial charge in [-0.2, -0.15) is 13.2 Å². The van der Waals surface area contributed by atoms with Crippen LogP contribution in [0.1, 0.15) is 41.6 Å². The Kier molecular flexibility index (Phi) is 7.21. The van der Waals surface area contributed by atoms with Crippen molar-refractivity contribution in [1.29, 1.82) is 0 Å². The second kappa shape index (κ2) is 10.1. The number of rotatable bonds is 5. The summed E-state index contributed by atoms with van der Waals surface area (Å²) in [7, 11) is 0. The van der Waals surface area contributed by atoms with Gasteiger partial charge >= 0.3 is 6.18 Å². The van der Waals surface area contributed by atoms with Gasteiger partial charge in [-0.15, -0.1) is 0 Å². The van der Waals surface area contributed by atoms with Crippen molar-refractivity contribution in [3.63, 3.8) is 0 Å². The van der Waals surface area contributed by atoms with E-state index >= 15 is 0 Å². The van der Waals surface area contributed by atoms with E-state index in [1.807, 2.05) is 0 Å². The third kappa shape index (κ3) is 5.58. The van der Waals surface area contributed by atoms with E-state index in [0.717, 1.165) is 37.8 Å². The van der Waals surface area contributed by atoms with E-state index in [4.69, 9.17) is 0 Å². The molecule has 1 atom stereocenters. The normalized spacial score (nSPS) is 18.6. The highest BCUT2D eigenvalue weighted by Crippen LogP contribution is 2.32. The SMILES string of the molecule is O=C(Nc1cccc(F)c1)C(C1CCCC1)N1CCN(C(=O)c2ccc(C(F)(F)F)cc2)CC1. The van der Waals surface area contributed by atoms with Gasteiger partial charge in [0.25, 0.3) is 5.91 Å². The molecular weight excluding hydrogens is 450 g/mol. The summed E-state index contributed by atoms with van der Waals surface area (Å²) in [4.78, 5) is 29.7. The maximum Gasteiger partial charge on any atom is 0.416 e. The smallest absolute Gasteiger partial charge is 0.336 e. The number of alkyl halides is 3. The Morgan fingerprint density at radius 3 is 2.18 bits per heavy atom. The Morgan fingerprint density at radius 2 is 1.59 bits per heavy atom. The Bertz CT molecular complexity index is 1010. The second-order valence-corrected chi connectivity index (χ2v) is 8.89. The summed E-state index contributed by atoms with van der Waals surface area (Å²) in [6.07, 6.45) is -0.464. The molecule has 1 heterocycles. The number of hydrogen-bond donors (Lipinski definition) is 1. The van der Waals surface area contributed by atoms with Crippen LogP contribution in [0.5, 0.6) is 0 Å². The van der Waals surface area contributed by atoms with E-state index in [0.29, 0.717) is 31.9 Å². The van der Waals surface area contributed by atoms with Gasteiger partial charge in [-0.25, -0.2) is 4.39 Å². The van der Waals surface area contributed by atoms with Crippen LogP contribution in [0, 0.1) is 11.7 Å². The van der Waals surface area contributed by atoms with E-state index in [2.05, 4.69) is 10.2 Å². The average Bonchev–Trinajstić information content (AvgIpc) is 3.33. The molecule has 9 heteroatoms. The minimum absolute atomic E-state index is 0.181. The van der Waals surface area contributed by atoms with Crippen LogP contribution >= 0.6 is 0 Å². The standard InChI is InChI=1S/C25H27F4N3O2/c26-20-6-3-7-21(16-20)30-23(33)22(17-4-1-2-5-17)31-12-14-32(15-13-31)24(34)18-8-10-19(11-9-18)25(27,28)29/h3,6-11,16-17,22H,1-2,4-5,12-15H2,(H,30,33). The van der Waals surface area contributed by atoms with E-state index in [-0.39, 0.29) is 29.3 Å². The van der Waals surface area contributed by atoms with Gasteiger partial charge in [-0.1, -0.05) is 18.9 Å². The third-order valence-corrected chi connectivity index (χ3v) is 6.66. The fourth-order valence-corrected chi connectivity index (χ4v) is 4.92. The van der Waals surface area contributed by atoms with Crippen LogP contribution < -0.4 is 5.32 Å². The Morgan fingerprint density at radius 1 is 0.941 bits per heavy atom. The highest BCUT2D eigenvalue weighted by molar-refractivity contribution is 5.95. The van der Waals surface area contributed by atoms with Crippen molar-refractivity contribution in [2.45, 2.75) is 37.9 Å². The van der Waals surface area contributed by atoms with Crippen LogP contribution in [-0.2, 0) is 11.0 Å². The van der Waals surface area contributed by atoms with Gasteiger partial charge in [0.05, 0.1) is 11.6 Å². The number of nitrogens with one attached hydrogen (secondary N) is 1. The first-order chi connectivity index (χ1) is 16.2. The molecular formula is C25H27F4N3O2. The first-order valence-electron chi connectivity index (χ1n) is 11.5. The number of anilines is 1. The van der Waals surface area contributed by atoms with Gasteiger partial charge in [0, 0.05) is 37.4 Å². The molecule has 0 radical (unpaired) electrons. The Labute approximate surface area is 195 Å². The van der Waals surface area contributed by atoms with Crippen molar-refractivity contribution >= 4 is 17.5 Å². The van der Waals surface area contributed by atoms with Gasteiger partial charge in [-0.3, -0.25) is 14.5 Å². The molecule has 182 valence electrons. The largest absolute Gasteiger partial charge is 0.416 e. The zero-order valence-electron chi connectivity index (χ0n) is 18.7. The highest BCUT2D eigenvalue weighted by Gasteiger charge is 2.37. The molecule has 2 fully saturated rings. The maximum atomic E-state index is 13.6. The predicted octanol–water partition coefficient (Wildman–Crippen LogP) is 4.80. The number of halogens is 4. The van der Waals surface area contributed by atoms with Crippen LogP contribution in [0.25, 0.3) is 0 Å². The monoisotopic (exact) mass is 477 g/mol. The number of piperazine rings is 1. The maximum absolute atomic E-state index is 13.6. The second-order valence-electron chi connectivity index (χ2n) is 8.89. The molecule has 1 saturated carbocycles. The van der Waals surface area contributed by atoms with Crippen molar-refractivity contribution in [1.82, 2.24) is 9.80 Å². The van der Waals surface area contributed by atoms with Gasteiger partial charge in [0.15, 0.2) is 0 Å². The summed E-state index contributed by atoms with van der Waals surface area (Å²) < 4.78 is 51.9. The van der Waals surface area contributed by atoms with Crippen molar-refractivity contribution in [2.75, 3.05) is 31.5 Å². The molecule has 5 nitrogen and oxygen atoms in total. The quantitative estimate of drug-likeness (QED) is 0.630. The summed E-state index contributed by atoms with van der Waals surface area (Å²) in [5.41, 5.74) is -0.181. The number of benzene rings is 2. The molecule has 0 bridgehead atoms. The summed E-state index contributed by atoms with van der Waals surface area (Å²) in [5.74, 6) is -0.744. The van der Waals surface area contributed by atoms with Crippen LogP contribution in [0.3, 0.4) is 0 Å². The fraction of sp³-hybridized carbons (Fsp3) is 0.440. The molecule has 2 amide bonds. The van der Waals surface area contributed by atoms with E-state index < -0.39 is 17.6 Å². The van der Waals surface area contributed by atoms with E-state index in [1.165, 1.54) is 24.3 Å². The molecule has 2 aromatic carbocycles. The number of carbonyl (C=O) groups excluding carboxylic acids is 2. The number of hydrogen-bond acceptors (Lipinski definition) is 3. The zero-order valence-corrected chi connectivity index (χ0v) is 18.7. The topological polar surface area (TPSA) is 52.7 Å². The van der Waals surface area contributed by atoms with Gasteiger partial charge in [0.1, 0.15) is 5.82 Å². The van der Waals surface area contributed by atoms with Crippen molar-refractivity contribution < 1.29 is 27.2 Å². The molecule has 2 aromatic rings. The van der Waals surface area contributed by atoms with Crippen molar-refractivity contribution in [3.8, 4) is 0 Å². The van der Waals surface area contributed by atoms with Crippen LogP contribution in [0.2, 0.25) is 0 Å². The summed E-state index contributed by atoms with van der Waals surface area (Å²) in [6.45, 7) is 1.70. The van der Waals surface area contributed by atoms with Crippen molar-refractivity contribution in [3.05, 3.63) is 65.5 Å². The number of amides is 2. The minimum Gasteiger partial charge on any atom is -0.336 e. The predicted molar refractivity (Wildman–Crippen MR) is 120 cm³/mol. The first-order valence-corrected chi connectivity index (χ1v) is 11.5. The third-order valence-electron chi connectivity index (χ3n) is 6.66. The van der Waals surface area contributed by atoms with Crippen LogP contribution in [0.15, 0.2) is 48.5 Å². The lowest BCUT2D eigenvalue weighted by Gasteiger charge is -2.40. The van der Waals surface area contributed by atoms with Crippen LogP contribution in [-0.4, -0.2) is 53.8 Å². The molecule has 34 heavy (non-hydrogen) atoms. The van der Waals surface area contributed by atoms with Gasteiger partial charge in [0.2, 0.25) is 5.91 Å². The lowest BCUT2D eigenvalue weighted by atomic mass is 9.94. The Balaban J connectivity index is 1.41. The molecule has 1 aliphatic heterocycles. The molecule has 0 aromatic heterocycles. The Hall–Kier alpha value is -2.94. The molecule has 2 aliphatic rings. The summed E-state index contributed by atoms with van der Waals surface area (Å²) >= 11 is 0. The first kappa shape index (κ1) is 24.2. The molecule has 1 aliphatic carbocycles. The molecule has 4 rings (SSSR count).